The number of anilines is 1. The minimum atomic E-state index is -5.00. The molecule has 1 atom stereocenters. The summed E-state index contributed by atoms with van der Waals surface area (Å²) in [5.74, 6) is -2.14. The molecule has 31 heavy (non-hydrogen) atoms. The Balaban J connectivity index is 2.84. The second kappa shape index (κ2) is 9.67. The van der Waals surface area contributed by atoms with Crippen LogP contribution in [-0.2, 0) is 29.0 Å². The third-order valence-corrected chi connectivity index (χ3v) is 4.90. The van der Waals surface area contributed by atoms with Crippen LogP contribution in [0.1, 0.15) is 52.0 Å². The number of amides is 3. The Morgan fingerprint density at radius 2 is 1.84 bits per heavy atom. The zero-order chi connectivity index (χ0) is 24.2. The number of nitrogens with zero attached hydrogens (tertiary/aromatic N) is 2. The third kappa shape index (κ3) is 8.20. The number of hydrogen-bond acceptors (Lipinski definition) is 10. The topological polar surface area (TPSA) is 181 Å². The van der Waals surface area contributed by atoms with E-state index in [-0.39, 0.29) is 22.3 Å². The molecule has 0 aliphatic rings. The molecule has 0 saturated carbocycles. The number of ketones is 1. The van der Waals surface area contributed by atoms with Crippen molar-refractivity contribution in [3.8, 4) is 0 Å². The standard InChI is InChI=1S/C16H24N4O9S2/c1-9(16(5,6)20(8-21)29-31(25,26)27)17-12(23)11(22)10-7-30-13(18-10)19-14(24)28-15(2,3)4/h7-9H,1-6H3,(H,17,23)(H,18,19,24)(H,25,26,27). The Morgan fingerprint density at radius 3 is 2.32 bits per heavy atom. The van der Waals surface area contributed by atoms with E-state index in [0.29, 0.717) is 0 Å². The maximum Gasteiger partial charge on any atom is 0.418 e. The summed E-state index contributed by atoms with van der Waals surface area (Å²) >= 11 is 0.896. The van der Waals surface area contributed by atoms with E-state index in [0.717, 1.165) is 11.3 Å². The summed E-state index contributed by atoms with van der Waals surface area (Å²) in [4.78, 5) is 51.4. The van der Waals surface area contributed by atoms with E-state index in [1.54, 1.807) is 20.8 Å². The highest BCUT2D eigenvalue weighted by molar-refractivity contribution is 7.80. The zero-order valence-corrected chi connectivity index (χ0v) is 19.3. The van der Waals surface area contributed by atoms with Gasteiger partial charge in [-0.05, 0) is 41.5 Å². The second-order valence-corrected chi connectivity index (χ2v) is 9.64. The van der Waals surface area contributed by atoms with Crippen molar-refractivity contribution >= 4 is 51.1 Å². The summed E-state index contributed by atoms with van der Waals surface area (Å²) in [7, 11) is -5.00. The van der Waals surface area contributed by atoms with Gasteiger partial charge in [0, 0.05) is 5.38 Å². The lowest BCUT2D eigenvalue weighted by molar-refractivity contribution is -0.166. The van der Waals surface area contributed by atoms with Crippen LogP contribution in [0.2, 0.25) is 0 Å². The third-order valence-electron chi connectivity index (χ3n) is 3.80. The molecule has 1 aromatic rings. The number of Topliss-reactive ketones (excluding diaryl/α,β-unsaturated/α-hetero) is 1. The molecule has 1 aromatic heterocycles. The molecule has 3 amide bonds. The highest BCUT2D eigenvalue weighted by Gasteiger charge is 2.38. The van der Waals surface area contributed by atoms with Crippen LogP contribution < -0.4 is 10.6 Å². The van der Waals surface area contributed by atoms with E-state index in [9.17, 15) is 27.6 Å². The van der Waals surface area contributed by atoms with Gasteiger partial charge < -0.3 is 10.1 Å². The van der Waals surface area contributed by atoms with E-state index in [1.807, 2.05) is 0 Å². The van der Waals surface area contributed by atoms with Crippen molar-refractivity contribution in [1.29, 1.82) is 0 Å². The van der Waals surface area contributed by atoms with E-state index in [1.165, 1.54) is 26.2 Å². The summed E-state index contributed by atoms with van der Waals surface area (Å²) < 4.78 is 39.8. The van der Waals surface area contributed by atoms with Gasteiger partial charge in [-0.15, -0.1) is 15.6 Å². The number of hydrogen-bond donors (Lipinski definition) is 3. The average molecular weight is 481 g/mol. The highest BCUT2D eigenvalue weighted by Crippen LogP contribution is 2.20. The Morgan fingerprint density at radius 1 is 1.26 bits per heavy atom. The lowest BCUT2D eigenvalue weighted by atomic mass is 9.95. The first-order chi connectivity index (χ1) is 14.0. The predicted octanol–water partition coefficient (Wildman–Crippen LogP) is 1.15. The number of thiazole rings is 1. The van der Waals surface area contributed by atoms with Gasteiger partial charge in [0.25, 0.3) is 11.7 Å². The molecule has 0 bridgehead atoms. The van der Waals surface area contributed by atoms with Crippen molar-refractivity contribution < 1.29 is 41.2 Å². The molecule has 0 aliphatic heterocycles. The molecular weight excluding hydrogens is 456 g/mol. The van der Waals surface area contributed by atoms with Gasteiger partial charge in [0.05, 0.1) is 11.6 Å². The normalized spacial score (nSPS) is 13.1. The Kier molecular flexibility index (Phi) is 8.24. The molecule has 13 nitrogen and oxygen atoms in total. The molecule has 1 rings (SSSR count). The van der Waals surface area contributed by atoms with Gasteiger partial charge in [0.2, 0.25) is 6.41 Å². The summed E-state index contributed by atoms with van der Waals surface area (Å²) in [6.45, 7) is 9.04. The van der Waals surface area contributed by atoms with Crippen LogP contribution in [0.25, 0.3) is 0 Å². The lowest BCUT2D eigenvalue weighted by Gasteiger charge is -2.37. The first-order valence-electron chi connectivity index (χ1n) is 8.68. The Hall–Kier alpha value is -2.62. The molecule has 1 heterocycles. The van der Waals surface area contributed by atoms with E-state index < -0.39 is 45.4 Å². The fourth-order valence-electron chi connectivity index (χ4n) is 1.92. The predicted molar refractivity (Wildman–Crippen MR) is 109 cm³/mol. The van der Waals surface area contributed by atoms with Crippen LogP contribution in [0.3, 0.4) is 0 Å². The molecule has 15 heteroatoms. The second-order valence-electron chi connectivity index (χ2n) is 7.78. The monoisotopic (exact) mass is 480 g/mol. The molecule has 1 unspecified atom stereocenters. The zero-order valence-electron chi connectivity index (χ0n) is 17.7. The first-order valence-corrected chi connectivity index (χ1v) is 10.9. The lowest BCUT2D eigenvalue weighted by Crippen LogP contribution is -2.58. The molecule has 0 aliphatic carbocycles. The van der Waals surface area contributed by atoms with Crippen LogP contribution in [0, 0.1) is 0 Å². The number of carbonyl (C=O) groups excluding carboxylic acids is 4. The fraction of sp³-hybridized carbons (Fsp3) is 0.562. The molecule has 0 saturated heterocycles. The van der Waals surface area contributed by atoms with Gasteiger partial charge >= 0.3 is 16.5 Å². The van der Waals surface area contributed by atoms with Crippen LogP contribution in [0.15, 0.2) is 5.38 Å². The van der Waals surface area contributed by atoms with Crippen molar-refractivity contribution in [3.05, 3.63) is 11.1 Å². The minimum Gasteiger partial charge on any atom is -0.444 e. The molecule has 3 N–H and O–H groups in total. The summed E-state index contributed by atoms with van der Waals surface area (Å²) in [6, 6.07) is -1.01. The van der Waals surface area contributed by atoms with Crippen LogP contribution in [-0.4, -0.2) is 64.4 Å². The number of hydroxylamine groups is 2. The van der Waals surface area contributed by atoms with Crippen molar-refractivity contribution in [2.75, 3.05) is 5.32 Å². The number of nitrogens with one attached hydrogen (secondary N) is 2. The minimum absolute atomic E-state index is 0.00665. The SMILES string of the molecule is CC(NC(=O)C(=O)c1csc(NC(=O)OC(C)(C)C)n1)C(C)(C)N(C=O)OS(=O)(=O)O. The van der Waals surface area contributed by atoms with Crippen LogP contribution >= 0.6 is 11.3 Å². The summed E-state index contributed by atoms with van der Waals surface area (Å²) in [5.41, 5.74) is -2.48. The number of rotatable bonds is 9. The van der Waals surface area contributed by atoms with Crippen molar-refractivity contribution in [2.45, 2.75) is 58.7 Å². The number of ether oxygens (including phenoxy) is 1. The van der Waals surface area contributed by atoms with Gasteiger partial charge in [0.15, 0.2) is 5.13 Å². The maximum atomic E-state index is 12.3. The van der Waals surface area contributed by atoms with E-state index in [4.69, 9.17) is 9.29 Å². The number of carbonyl (C=O) groups is 4. The highest BCUT2D eigenvalue weighted by atomic mass is 32.3. The van der Waals surface area contributed by atoms with Gasteiger partial charge in [-0.3, -0.25) is 24.3 Å². The molecule has 0 fully saturated rings. The molecule has 0 aromatic carbocycles. The maximum absolute atomic E-state index is 12.3. The van der Waals surface area contributed by atoms with Crippen molar-refractivity contribution in [1.82, 2.24) is 15.4 Å². The summed E-state index contributed by atoms with van der Waals surface area (Å²) in [6.07, 6.45) is -0.790. The first kappa shape index (κ1) is 26.4. The van der Waals surface area contributed by atoms with Crippen LogP contribution in [0.4, 0.5) is 9.93 Å². The Labute approximate surface area is 183 Å². The molecule has 0 spiro atoms. The van der Waals surface area contributed by atoms with Crippen LogP contribution in [0.5, 0.6) is 0 Å². The largest absolute Gasteiger partial charge is 0.444 e. The van der Waals surface area contributed by atoms with E-state index in [2.05, 4.69) is 19.9 Å². The van der Waals surface area contributed by atoms with Gasteiger partial charge in [-0.1, -0.05) is 0 Å². The smallest absolute Gasteiger partial charge is 0.418 e. The fourth-order valence-corrected chi connectivity index (χ4v) is 3.03. The quantitative estimate of drug-likeness (QED) is 0.152. The average Bonchev–Trinajstić information content (AvgIpc) is 3.04. The molecule has 0 radical (unpaired) electrons. The molecule has 174 valence electrons. The molecular formula is C16H24N4O9S2. The van der Waals surface area contributed by atoms with Crippen molar-refractivity contribution in [3.63, 3.8) is 0 Å². The van der Waals surface area contributed by atoms with E-state index >= 15 is 0 Å². The van der Waals surface area contributed by atoms with Gasteiger partial charge in [-0.25, -0.2) is 9.78 Å². The summed E-state index contributed by atoms with van der Waals surface area (Å²) in [5, 5.41) is 6.22. The van der Waals surface area contributed by atoms with Gasteiger partial charge in [0.1, 0.15) is 11.3 Å². The van der Waals surface area contributed by atoms with Gasteiger partial charge in [-0.2, -0.15) is 13.5 Å². The number of aromatic nitrogens is 1. The van der Waals surface area contributed by atoms with Crippen molar-refractivity contribution in [2.24, 2.45) is 0 Å². The Bertz CT molecular complexity index is 951.